The minimum absolute atomic E-state index is 0.244. The highest BCUT2D eigenvalue weighted by molar-refractivity contribution is 7.99. The van der Waals surface area contributed by atoms with Crippen molar-refractivity contribution in [1.82, 2.24) is 0 Å². The number of benzene rings is 4. The average Bonchev–Trinajstić information content (AvgIpc) is 3.11. The molecule has 5 atom stereocenters. The van der Waals surface area contributed by atoms with Crippen LogP contribution in [0.4, 0.5) is 0 Å². The monoisotopic (exact) mass is 646 g/mol. The minimum Gasteiger partial charge on any atom is -0.497 e. The van der Waals surface area contributed by atoms with Crippen LogP contribution in [0.2, 0.25) is 0 Å². The van der Waals surface area contributed by atoms with Crippen molar-refractivity contribution in [3.8, 4) is 17.2 Å². The molecular formula is C37H42O8S. The highest BCUT2D eigenvalue weighted by Gasteiger charge is 2.48. The molecule has 0 aliphatic carbocycles. The molecule has 9 heteroatoms. The molecule has 0 spiro atoms. The Hall–Kier alpha value is -3.57. The third-order valence-corrected chi connectivity index (χ3v) is 9.00. The third-order valence-electron chi connectivity index (χ3n) is 7.85. The molecule has 8 nitrogen and oxygen atoms in total. The lowest BCUT2D eigenvalue weighted by Crippen LogP contribution is -2.60. The first-order chi connectivity index (χ1) is 22.5. The molecule has 1 heterocycles. The summed E-state index contributed by atoms with van der Waals surface area (Å²) in [4.78, 5) is 1.02. The van der Waals surface area contributed by atoms with Crippen LogP contribution in [0.15, 0.2) is 102 Å². The summed E-state index contributed by atoms with van der Waals surface area (Å²) in [5.74, 6) is 2.31. The lowest BCUT2D eigenvalue weighted by Gasteiger charge is -2.45. The fourth-order valence-electron chi connectivity index (χ4n) is 5.18. The second kappa shape index (κ2) is 16.8. The van der Waals surface area contributed by atoms with Gasteiger partial charge >= 0.3 is 0 Å². The number of ether oxygens (including phenoxy) is 7. The summed E-state index contributed by atoms with van der Waals surface area (Å²) in [6.45, 7) is 2.73. The number of thioether (sulfide) groups is 1. The van der Waals surface area contributed by atoms with E-state index in [-0.39, 0.29) is 13.2 Å². The van der Waals surface area contributed by atoms with E-state index < -0.39 is 29.9 Å². The molecule has 0 bridgehead atoms. The van der Waals surface area contributed by atoms with Crippen molar-refractivity contribution in [1.29, 1.82) is 0 Å². The summed E-state index contributed by atoms with van der Waals surface area (Å²) in [5.41, 5.74) is 3.59. The lowest BCUT2D eigenvalue weighted by atomic mass is 9.99. The summed E-state index contributed by atoms with van der Waals surface area (Å²) < 4.78 is 42.5. The Kier molecular flexibility index (Phi) is 12.4. The first-order valence-electron chi connectivity index (χ1n) is 15.2. The maximum atomic E-state index is 10.6. The van der Waals surface area contributed by atoms with E-state index in [4.69, 9.17) is 33.2 Å². The van der Waals surface area contributed by atoms with Gasteiger partial charge in [0, 0.05) is 4.90 Å². The van der Waals surface area contributed by atoms with Gasteiger partial charge in [-0.2, -0.15) is 0 Å². The van der Waals surface area contributed by atoms with Gasteiger partial charge in [-0.25, -0.2) is 0 Å². The van der Waals surface area contributed by atoms with Crippen molar-refractivity contribution < 1.29 is 38.3 Å². The number of aliphatic hydroxyl groups is 1. The molecule has 46 heavy (non-hydrogen) atoms. The predicted molar refractivity (Wildman–Crippen MR) is 177 cm³/mol. The van der Waals surface area contributed by atoms with Crippen LogP contribution in [-0.2, 0) is 38.8 Å². The number of methoxy groups -OCH3 is 3. The average molecular weight is 647 g/mol. The summed E-state index contributed by atoms with van der Waals surface area (Å²) in [6.07, 6.45) is -2.40. The molecule has 0 radical (unpaired) electrons. The van der Waals surface area contributed by atoms with Crippen molar-refractivity contribution >= 4 is 11.8 Å². The van der Waals surface area contributed by atoms with E-state index in [1.165, 1.54) is 5.56 Å². The second-order valence-corrected chi connectivity index (χ2v) is 12.2. The number of hydrogen-bond acceptors (Lipinski definition) is 9. The number of hydrogen-bond donors (Lipinski definition) is 1. The number of rotatable bonds is 15. The van der Waals surface area contributed by atoms with E-state index in [9.17, 15) is 5.11 Å². The fourth-order valence-corrected chi connectivity index (χ4v) is 6.31. The highest BCUT2D eigenvalue weighted by atomic mass is 32.2. The highest BCUT2D eigenvalue weighted by Crippen LogP contribution is 2.38. The standard InChI is InChI=1S/C37H42O8S/c1-25-5-19-32(20-6-25)46-37-36(44-24-28-11-17-31(41-4)18-12-28)35(43-23-27-9-15-30(40-3)16-10-27)34(33(21-38)45-37)42-22-26-7-13-29(39-2)14-8-26/h5-20,33-38H,21-24H2,1-4H3/t33-,34-,35+,36-,37+/m1/s1. The molecular weight excluding hydrogens is 604 g/mol. The molecule has 0 saturated carbocycles. The van der Waals surface area contributed by atoms with E-state index in [1.54, 1.807) is 33.1 Å². The molecule has 0 amide bonds. The summed E-state index contributed by atoms with van der Waals surface area (Å²) in [7, 11) is 4.93. The zero-order valence-corrected chi connectivity index (χ0v) is 27.5. The van der Waals surface area contributed by atoms with Gasteiger partial charge in [0.15, 0.2) is 0 Å². The smallest absolute Gasteiger partial charge is 0.137 e. The fraction of sp³-hybridized carbons (Fsp3) is 0.351. The zero-order valence-electron chi connectivity index (χ0n) is 26.7. The van der Waals surface area contributed by atoms with Gasteiger partial charge in [0.05, 0.1) is 47.8 Å². The van der Waals surface area contributed by atoms with Crippen LogP contribution in [-0.4, -0.2) is 62.9 Å². The van der Waals surface area contributed by atoms with Crippen LogP contribution >= 0.6 is 11.8 Å². The molecule has 1 N–H and O–H groups in total. The molecule has 244 valence electrons. The van der Waals surface area contributed by atoms with Gasteiger partial charge in [-0.1, -0.05) is 65.9 Å². The zero-order chi connectivity index (χ0) is 32.3. The van der Waals surface area contributed by atoms with Crippen LogP contribution < -0.4 is 14.2 Å². The van der Waals surface area contributed by atoms with Gasteiger partial charge in [0.2, 0.25) is 0 Å². The first-order valence-corrected chi connectivity index (χ1v) is 16.1. The molecule has 1 aliphatic rings. The maximum absolute atomic E-state index is 10.6. The molecule has 1 aliphatic heterocycles. The topological polar surface area (TPSA) is 84.8 Å². The van der Waals surface area contributed by atoms with Gasteiger partial charge in [0.1, 0.15) is 47.1 Å². The van der Waals surface area contributed by atoms with E-state index >= 15 is 0 Å². The Bertz CT molecular complexity index is 1460. The Morgan fingerprint density at radius 1 is 0.565 bits per heavy atom. The number of aryl methyl sites for hydroxylation is 1. The summed E-state index contributed by atoms with van der Waals surface area (Å²) in [5, 5.41) is 10.6. The molecule has 0 aromatic heterocycles. The molecule has 4 aromatic rings. The van der Waals surface area contributed by atoms with E-state index in [0.29, 0.717) is 13.2 Å². The quantitative estimate of drug-likeness (QED) is 0.154. The van der Waals surface area contributed by atoms with Crippen molar-refractivity contribution in [2.75, 3.05) is 27.9 Å². The third kappa shape index (κ3) is 9.03. The SMILES string of the molecule is COc1ccc(CO[C@@H]2[C@@H](OCc3ccc(OC)cc3)[C@H](Sc3ccc(C)cc3)O[C@H](CO)[C@H]2OCc2ccc(OC)cc2)cc1. The maximum Gasteiger partial charge on any atom is 0.137 e. The van der Waals surface area contributed by atoms with Crippen molar-refractivity contribution in [3.05, 3.63) is 119 Å². The Balaban J connectivity index is 1.44. The van der Waals surface area contributed by atoms with Crippen LogP contribution in [0.3, 0.4) is 0 Å². The summed E-state index contributed by atoms with van der Waals surface area (Å²) in [6, 6.07) is 31.5. The molecule has 5 rings (SSSR count). The Morgan fingerprint density at radius 2 is 0.978 bits per heavy atom. The van der Waals surface area contributed by atoms with E-state index in [2.05, 4.69) is 31.2 Å². The molecule has 1 saturated heterocycles. The molecule has 1 fully saturated rings. The van der Waals surface area contributed by atoms with Gasteiger partial charge in [-0.15, -0.1) is 0 Å². The van der Waals surface area contributed by atoms with Crippen molar-refractivity contribution in [3.63, 3.8) is 0 Å². The van der Waals surface area contributed by atoms with Gasteiger partial charge in [-0.3, -0.25) is 0 Å². The van der Waals surface area contributed by atoms with Crippen LogP contribution in [0.5, 0.6) is 17.2 Å². The van der Waals surface area contributed by atoms with E-state index in [0.717, 1.165) is 38.8 Å². The van der Waals surface area contributed by atoms with Gasteiger partial charge in [0.25, 0.3) is 0 Å². The Labute approximate surface area is 275 Å². The largest absolute Gasteiger partial charge is 0.497 e. The van der Waals surface area contributed by atoms with Crippen LogP contribution in [0, 0.1) is 6.92 Å². The first kappa shape index (κ1) is 33.8. The Morgan fingerprint density at radius 3 is 1.39 bits per heavy atom. The molecule has 0 unspecified atom stereocenters. The number of aliphatic hydroxyl groups excluding tert-OH is 1. The van der Waals surface area contributed by atoms with Gasteiger partial charge < -0.3 is 38.3 Å². The molecule has 4 aromatic carbocycles. The van der Waals surface area contributed by atoms with Crippen LogP contribution in [0.25, 0.3) is 0 Å². The normalized spacial score (nSPS) is 21.1. The predicted octanol–water partition coefficient (Wildman–Crippen LogP) is 6.59. The minimum atomic E-state index is -0.650. The van der Waals surface area contributed by atoms with Crippen molar-refractivity contribution in [2.24, 2.45) is 0 Å². The van der Waals surface area contributed by atoms with Crippen molar-refractivity contribution in [2.45, 2.75) is 61.5 Å². The summed E-state index contributed by atoms with van der Waals surface area (Å²) >= 11 is 1.55. The van der Waals surface area contributed by atoms with E-state index in [1.807, 2.05) is 72.8 Å². The lowest BCUT2D eigenvalue weighted by molar-refractivity contribution is -0.251. The second-order valence-electron chi connectivity index (χ2n) is 11.0. The van der Waals surface area contributed by atoms with Gasteiger partial charge in [-0.05, 0) is 72.1 Å². The van der Waals surface area contributed by atoms with Crippen LogP contribution in [0.1, 0.15) is 22.3 Å².